The van der Waals surface area contributed by atoms with Crippen LogP contribution in [0.2, 0.25) is 0 Å². The smallest absolute Gasteiger partial charge is 0.257 e. The zero-order valence-corrected chi connectivity index (χ0v) is 18.4. The largest absolute Gasteiger partial charge is 0.491 e. The first-order valence-electron chi connectivity index (χ1n) is 11.2. The van der Waals surface area contributed by atoms with Crippen molar-refractivity contribution in [1.29, 1.82) is 0 Å². The fraction of sp³-hybridized carbons (Fsp3) is 0.320. The first-order valence-corrected chi connectivity index (χ1v) is 11.2. The summed E-state index contributed by atoms with van der Waals surface area (Å²) >= 11 is 0. The molecule has 1 atom stereocenters. The number of carbonyl (C=O) groups excluding carboxylic acids is 1. The minimum atomic E-state index is -0.637. The molecule has 0 radical (unpaired) electrons. The van der Waals surface area contributed by atoms with Gasteiger partial charge in [0.1, 0.15) is 18.2 Å². The predicted molar refractivity (Wildman–Crippen MR) is 125 cm³/mol. The van der Waals surface area contributed by atoms with Gasteiger partial charge in [-0.15, -0.1) is 0 Å². The molecule has 0 fully saturated rings. The monoisotopic (exact) mass is 445 g/mol. The summed E-state index contributed by atoms with van der Waals surface area (Å²) in [5.74, 6) is 0.998. The van der Waals surface area contributed by atoms with Crippen LogP contribution >= 0.6 is 0 Å². The highest BCUT2D eigenvalue weighted by Gasteiger charge is 2.27. The molecule has 0 saturated heterocycles. The Labute approximate surface area is 192 Å². The topological polar surface area (TPSA) is 90.8 Å². The Bertz CT molecular complexity index is 1120. The molecule has 0 bridgehead atoms. The van der Waals surface area contributed by atoms with Crippen LogP contribution in [0.15, 0.2) is 61.1 Å². The van der Waals surface area contributed by atoms with E-state index in [-0.39, 0.29) is 12.5 Å². The molecule has 5 rings (SSSR count). The predicted octanol–water partition coefficient (Wildman–Crippen LogP) is 2.47. The van der Waals surface area contributed by atoms with Crippen molar-refractivity contribution in [2.24, 2.45) is 0 Å². The number of β-amino-alcohol motifs (C(OH)–C–C–N with tert-alkyl or cyclic N) is 1. The summed E-state index contributed by atoms with van der Waals surface area (Å²) in [7, 11) is 0. The first-order chi connectivity index (χ1) is 16.2. The molecule has 2 aliphatic heterocycles. The maximum Gasteiger partial charge on any atom is 0.257 e. The van der Waals surface area contributed by atoms with Crippen molar-refractivity contribution in [3.05, 3.63) is 77.7 Å². The van der Waals surface area contributed by atoms with Gasteiger partial charge in [0.2, 0.25) is 0 Å². The number of carbonyl (C=O) groups is 1. The van der Waals surface area contributed by atoms with Gasteiger partial charge in [-0.2, -0.15) is 0 Å². The quantitative estimate of drug-likeness (QED) is 0.602. The molecule has 33 heavy (non-hydrogen) atoms. The fourth-order valence-electron chi connectivity index (χ4n) is 4.44. The Morgan fingerprint density at radius 1 is 1.09 bits per heavy atom. The van der Waals surface area contributed by atoms with Crippen molar-refractivity contribution >= 4 is 17.4 Å². The molecule has 3 aromatic rings. The number of benzene rings is 2. The van der Waals surface area contributed by atoms with Crippen LogP contribution in [0.25, 0.3) is 0 Å². The molecule has 8 nitrogen and oxygen atoms in total. The van der Waals surface area contributed by atoms with Crippen molar-refractivity contribution in [3.8, 4) is 5.75 Å². The minimum absolute atomic E-state index is 0.145. The number of hydrogen-bond acceptors (Lipinski definition) is 7. The van der Waals surface area contributed by atoms with Gasteiger partial charge in [-0.25, -0.2) is 4.98 Å². The summed E-state index contributed by atoms with van der Waals surface area (Å²) in [6.45, 7) is 3.34. The molecule has 2 aromatic carbocycles. The highest BCUT2D eigenvalue weighted by atomic mass is 16.5. The number of aromatic nitrogens is 2. The van der Waals surface area contributed by atoms with Crippen LogP contribution in [0.3, 0.4) is 0 Å². The molecule has 1 unspecified atom stereocenters. The van der Waals surface area contributed by atoms with E-state index in [1.54, 1.807) is 35.6 Å². The van der Waals surface area contributed by atoms with Crippen LogP contribution in [0.1, 0.15) is 21.5 Å². The third-order valence-corrected chi connectivity index (χ3v) is 6.06. The standard InChI is InChI=1S/C25H27N5O3/c31-21(16-29-10-7-18-3-1-2-4-19(18)15-29)17-30-11-12-33-23-6-5-20(13-22(23)25(30)32)28-24-14-26-8-9-27-24/h1-6,8-9,13-14,21,31H,7,10-12,15-17H2,(H,27,28). The van der Waals surface area contributed by atoms with E-state index in [0.29, 0.717) is 36.8 Å². The van der Waals surface area contributed by atoms with Crippen molar-refractivity contribution in [2.45, 2.75) is 19.1 Å². The van der Waals surface area contributed by atoms with Gasteiger partial charge in [-0.05, 0) is 35.7 Å². The fourth-order valence-corrected chi connectivity index (χ4v) is 4.44. The lowest BCUT2D eigenvalue weighted by atomic mass is 10.00. The highest BCUT2D eigenvalue weighted by molar-refractivity contribution is 5.98. The van der Waals surface area contributed by atoms with Gasteiger partial charge in [0.25, 0.3) is 5.91 Å². The van der Waals surface area contributed by atoms with E-state index in [1.807, 2.05) is 6.07 Å². The van der Waals surface area contributed by atoms with Crippen LogP contribution in [-0.4, -0.2) is 69.7 Å². The average molecular weight is 446 g/mol. The number of rotatable bonds is 6. The summed E-state index contributed by atoms with van der Waals surface area (Å²) in [6, 6.07) is 13.8. The summed E-state index contributed by atoms with van der Waals surface area (Å²) in [5, 5.41) is 14.0. The van der Waals surface area contributed by atoms with E-state index >= 15 is 0 Å². The third-order valence-electron chi connectivity index (χ3n) is 6.06. The average Bonchev–Trinajstić information content (AvgIpc) is 2.98. The second kappa shape index (κ2) is 9.56. The minimum Gasteiger partial charge on any atom is -0.491 e. The number of ether oxygens (including phenoxy) is 1. The van der Waals surface area contributed by atoms with Crippen molar-refractivity contribution in [3.63, 3.8) is 0 Å². The maximum absolute atomic E-state index is 13.3. The Morgan fingerprint density at radius 2 is 1.97 bits per heavy atom. The molecule has 0 aliphatic carbocycles. The summed E-state index contributed by atoms with van der Waals surface area (Å²) in [6.07, 6.45) is 5.16. The lowest BCUT2D eigenvalue weighted by molar-refractivity contribution is 0.0501. The van der Waals surface area contributed by atoms with Crippen LogP contribution in [0, 0.1) is 0 Å². The molecule has 170 valence electrons. The molecular formula is C25H27N5O3. The van der Waals surface area contributed by atoms with Crippen molar-refractivity contribution in [1.82, 2.24) is 19.8 Å². The molecule has 2 N–H and O–H groups in total. The zero-order chi connectivity index (χ0) is 22.6. The van der Waals surface area contributed by atoms with Crippen LogP contribution in [-0.2, 0) is 13.0 Å². The highest BCUT2D eigenvalue weighted by Crippen LogP contribution is 2.28. The van der Waals surface area contributed by atoms with Gasteiger partial charge in [-0.3, -0.25) is 14.7 Å². The van der Waals surface area contributed by atoms with Crippen molar-refractivity contribution < 1.29 is 14.6 Å². The zero-order valence-electron chi connectivity index (χ0n) is 18.4. The number of amides is 1. The number of anilines is 2. The van der Waals surface area contributed by atoms with Gasteiger partial charge < -0.3 is 20.1 Å². The molecule has 2 aliphatic rings. The van der Waals surface area contributed by atoms with E-state index in [4.69, 9.17) is 4.74 Å². The molecule has 3 heterocycles. The molecule has 0 spiro atoms. The van der Waals surface area contributed by atoms with Crippen LogP contribution < -0.4 is 10.1 Å². The second-order valence-corrected chi connectivity index (χ2v) is 8.43. The molecule has 8 heteroatoms. The number of nitrogens with one attached hydrogen (secondary N) is 1. The number of fused-ring (bicyclic) bond motifs is 2. The van der Waals surface area contributed by atoms with Gasteiger partial charge in [0.15, 0.2) is 0 Å². The normalized spacial score (nSPS) is 16.9. The number of hydrogen-bond donors (Lipinski definition) is 2. The first kappa shape index (κ1) is 21.4. The van der Waals surface area contributed by atoms with E-state index in [0.717, 1.165) is 25.2 Å². The molecular weight excluding hydrogens is 418 g/mol. The number of aliphatic hydroxyl groups excluding tert-OH is 1. The van der Waals surface area contributed by atoms with Crippen LogP contribution in [0.5, 0.6) is 5.75 Å². The lowest BCUT2D eigenvalue weighted by Gasteiger charge is -2.32. The van der Waals surface area contributed by atoms with Gasteiger partial charge in [0, 0.05) is 44.3 Å². The molecule has 1 amide bonds. The summed E-state index contributed by atoms with van der Waals surface area (Å²) in [4.78, 5) is 25.5. The van der Waals surface area contributed by atoms with Gasteiger partial charge in [-0.1, -0.05) is 24.3 Å². The lowest BCUT2D eigenvalue weighted by Crippen LogP contribution is -2.44. The Morgan fingerprint density at radius 3 is 2.82 bits per heavy atom. The SMILES string of the molecule is O=C1c2cc(Nc3cnccn3)ccc2OCCN1CC(O)CN1CCc2ccccc2C1. The van der Waals surface area contributed by atoms with Crippen LogP contribution in [0.4, 0.5) is 11.5 Å². The van der Waals surface area contributed by atoms with E-state index < -0.39 is 6.10 Å². The maximum atomic E-state index is 13.3. The van der Waals surface area contributed by atoms with Gasteiger partial charge >= 0.3 is 0 Å². The van der Waals surface area contributed by atoms with E-state index in [2.05, 4.69) is 44.5 Å². The summed E-state index contributed by atoms with van der Waals surface area (Å²) in [5.41, 5.74) is 3.89. The third kappa shape index (κ3) is 4.97. The van der Waals surface area contributed by atoms with E-state index in [9.17, 15) is 9.90 Å². The van der Waals surface area contributed by atoms with Gasteiger partial charge in [0.05, 0.1) is 24.4 Å². The number of nitrogens with zero attached hydrogens (tertiary/aromatic N) is 4. The van der Waals surface area contributed by atoms with Crippen molar-refractivity contribution in [2.75, 3.05) is 38.1 Å². The summed E-state index contributed by atoms with van der Waals surface area (Å²) < 4.78 is 5.81. The van der Waals surface area contributed by atoms with E-state index in [1.165, 1.54) is 11.1 Å². The Balaban J connectivity index is 1.24. The Hall–Kier alpha value is -3.49. The molecule has 1 aromatic heterocycles. The second-order valence-electron chi connectivity index (χ2n) is 8.43. The molecule has 0 saturated carbocycles. The number of aliphatic hydroxyl groups is 1. The Kier molecular flexibility index (Phi) is 6.19.